The Bertz CT molecular complexity index is 566. The minimum atomic E-state index is -0.707. The lowest BCUT2D eigenvalue weighted by atomic mass is 9.75. The maximum Gasteiger partial charge on any atom is 0.410 e. The fourth-order valence-electron chi connectivity index (χ4n) is 2.68. The summed E-state index contributed by atoms with van der Waals surface area (Å²) in [7, 11) is 0. The molecule has 1 saturated heterocycles. The zero-order chi connectivity index (χ0) is 21.5. The maximum atomic E-state index is 12.8. The van der Waals surface area contributed by atoms with E-state index >= 15 is 0 Å². The topological polar surface area (TPSA) is 55.8 Å². The van der Waals surface area contributed by atoms with Gasteiger partial charge in [0.2, 0.25) is 0 Å². The van der Waals surface area contributed by atoms with E-state index in [9.17, 15) is 9.59 Å². The predicted octanol–water partition coefficient (Wildman–Crippen LogP) is 5.42. The molecule has 0 N–H and O–H groups in total. The first-order valence-electron chi connectivity index (χ1n) is 10.1. The Kier molecular flexibility index (Phi) is 6.42. The zero-order valence-electron chi connectivity index (χ0n) is 19.4. The van der Waals surface area contributed by atoms with Crippen LogP contribution in [0.5, 0.6) is 0 Å². The molecule has 0 aromatic rings. The predicted molar refractivity (Wildman–Crippen MR) is 109 cm³/mol. The molecule has 1 fully saturated rings. The van der Waals surface area contributed by atoms with E-state index in [-0.39, 0.29) is 22.9 Å². The molecular formula is C22H41NO4. The monoisotopic (exact) mass is 383 g/mol. The van der Waals surface area contributed by atoms with Gasteiger partial charge in [0, 0.05) is 23.8 Å². The largest absolute Gasteiger partial charge is 0.456 e. The second-order valence-electron chi connectivity index (χ2n) is 11.2. The highest BCUT2D eigenvalue weighted by Crippen LogP contribution is 2.43. The molecule has 1 unspecified atom stereocenters. The number of carbonyl (C=O) groups excluding carboxylic acids is 2. The number of hydrogen-bond acceptors (Lipinski definition) is 4. The van der Waals surface area contributed by atoms with Gasteiger partial charge in [-0.2, -0.15) is 0 Å². The minimum Gasteiger partial charge on any atom is -0.456 e. The smallest absolute Gasteiger partial charge is 0.410 e. The van der Waals surface area contributed by atoms with Crippen molar-refractivity contribution >= 4 is 12.1 Å². The van der Waals surface area contributed by atoms with E-state index < -0.39 is 16.6 Å². The molecule has 0 saturated carbocycles. The van der Waals surface area contributed by atoms with Gasteiger partial charge in [0.1, 0.15) is 11.2 Å². The van der Waals surface area contributed by atoms with Crippen LogP contribution in [0.3, 0.4) is 0 Å². The van der Waals surface area contributed by atoms with Crippen LogP contribution >= 0.6 is 0 Å². The number of hydrogen-bond donors (Lipinski definition) is 0. The normalized spacial score (nSPS) is 22.0. The molecule has 1 amide bonds. The van der Waals surface area contributed by atoms with E-state index in [0.717, 1.165) is 0 Å². The number of carbonyl (C=O) groups is 2. The van der Waals surface area contributed by atoms with Gasteiger partial charge in [0.25, 0.3) is 0 Å². The molecule has 1 aliphatic rings. The number of esters is 1. The summed E-state index contributed by atoms with van der Waals surface area (Å²) in [5.41, 5.74) is -2.32. The van der Waals surface area contributed by atoms with Crippen molar-refractivity contribution < 1.29 is 19.1 Å². The van der Waals surface area contributed by atoms with Crippen molar-refractivity contribution in [3.05, 3.63) is 0 Å². The van der Waals surface area contributed by atoms with Crippen molar-refractivity contribution in [1.29, 1.82) is 0 Å². The molecule has 5 heteroatoms. The third kappa shape index (κ3) is 4.97. The van der Waals surface area contributed by atoms with Gasteiger partial charge in [-0.15, -0.1) is 0 Å². The highest BCUT2D eigenvalue weighted by molar-refractivity contribution is 5.76. The van der Waals surface area contributed by atoms with E-state index in [1.807, 2.05) is 34.6 Å². The Hall–Kier alpha value is -1.26. The maximum absolute atomic E-state index is 12.8. The van der Waals surface area contributed by atoms with Gasteiger partial charge < -0.3 is 14.4 Å². The molecule has 1 atom stereocenters. The average Bonchev–Trinajstić information content (AvgIpc) is 2.90. The highest BCUT2D eigenvalue weighted by atomic mass is 16.6. The van der Waals surface area contributed by atoms with Crippen molar-refractivity contribution in [3.8, 4) is 0 Å². The van der Waals surface area contributed by atoms with Gasteiger partial charge in [-0.25, -0.2) is 4.79 Å². The summed E-state index contributed by atoms with van der Waals surface area (Å²) in [6.45, 7) is 22.9. The van der Waals surface area contributed by atoms with Crippen molar-refractivity contribution in [2.75, 3.05) is 13.1 Å². The fourth-order valence-corrected chi connectivity index (χ4v) is 2.68. The Morgan fingerprint density at radius 3 is 1.89 bits per heavy atom. The summed E-state index contributed by atoms with van der Waals surface area (Å²) < 4.78 is 11.9. The first kappa shape index (κ1) is 23.8. The minimum absolute atomic E-state index is 0.179. The van der Waals surface area contributed by atoms with E-state index in [1.165, 1.54) is 0 Å². The van der Waals surface area contributed by atoms with Gasteiger partial charge in [0.05, 0.1) is 12.0 Å². The molecule has 27 heavy (non-hydrogen) atoms. The third-order valence-corrected chi connectivity index (χ3v) is 6.73. The van der Waals surface area contributed by atoms with Crippen LogP contribution in [0.25, 0.3) is 0 Å². The van der Waals surface area contributed by atoms with Crippen LogP contribution < -0.4 is 0 Å². The van der Waals surface area contributed by atoms with E-state index in [0.29, 0.717) is 25.9 Å². The van der Waals surface area contributed by atoms with Gasteiger partial charge in [-0.05, 0) is 34.1 Å². The SMILES string of the molecule is CCC(C)(C)C(=O)OC1(C(C)(C)C)CCN(C(=O)OC(C)(C)C(C)(C)C)C1. The third-order valence-electron chi connectivity index (χ3n) is 6.73. The number of ether oxygens (including phenoxy) is 2. The molecule has 0 bridgehead atoms. The number of likely N-dealkylation sites (tertiary alicyclic amines) is 1. The van der Waals surface area contributed by atoms with Crippen LogP contribution in [0, 0.1) is 16.2 Å². The molecule has 0 spiro atoms. The summed E-state index contributed by atoms with van der Waals surface area (Å²) in [4.78, 5) is 27.3. The van der Waals surface area contributed by atoms with Gasteiger partial charge in [-0.1, -0.05) is 48.5 Å². The summed E-state index contributed by atoms with van der Waals surface area (Å²) >= 11 is 0. The van der Waals surface area contributed by atoms with Crippen LogP contribution in [0.4, 0.5) is 4.79 Å². The Balaban J connectivity index is 3.01. The van der Waals surface area contributed by atoms with Crippen molar-refractivity contribution in [3.63, 3.8) is 0 Å². The number of amides is 1. The van der Waals surface area contributed by atoms with Crippen molar-refractivity contribution in [2.45, 2.75) is 100 Å². The number of nitrogens with zero attached hydrogens (tertiary/aromatic N) is 1. The van der Waals surface area contributed by atoms with Gasteiger partial charge in [-0.3, -0.25) is 4.79 Å². The van der Waals surface area contributed by atoms with Gasteiger partial charge >= 0.3 is 12.1 Å². The molecular weight excluding hydrogens is 342 g/mol. The van der Waals surface area contributed by atoms with Crippen LogP contribution in [0.15, 0.2) is 0 Å². The van der Waals surface area contributed by atoms with E-state index in [1.54, 1.807) is 4.90 Å². The molecule has 0 aromatic carbocycles. The van der Waals surface area contributed by atoms with E-state index in [2.05, 4.69) is 41.5 Å². The number of rotatable bonds is 4. The molecule has 158 valence electrons. The zero-order valence-corrected chi connectivity index (χ0v) is 19.4. The van der Waals surface area contributed by atoms with Crippen LogP contribution in [-0.2, 0) is 14.3 Å². The molecule has 1 aliphatic heterocycles. The molecule has 1 rings (SSSR count). The average molecular weight is 384 g/mol. The standard InChI is InChI=1S/C22H41NO4/c1-12-20(8,9)16(24)26-22(19(5,6)7)13-14-23(15-22)17(25)27-21(10,11)18(2,3)4/h12-15H2,1-11H3. The Labute approximate surface area is 166 Å². The highest BCUT2D eigenvalue weighted by Gasteiger charge is 2.53. The van der Waals surface area contributed by atoms with Crippen LogP contribution in [0.1, 0.15) is 89.0 Å². The second-order valence-corrected chi connectivity index (χ2v) is 11.2. The molecule has 0 aromatic heterocycles. The molecule has 0 aliphatic carbocycles. The summed E-state index contributed by atoms with van der Waals surface area (Å²) in [6, 6.07) is 0. The Morgan fingerprint density at radius 1 is 0.963 bits per heavy atom. The van der Waals surface area contributed by atoms with Crippen molar-refractivity contribution in [2.24, 2.45) is 16.2 Å². The van der Waals surface area contributed by atoms with Gasteiger partial charge in [0.15, 0.2) is 0 Å². The first-order chi connectivity index (χ1) is 11.9. The summed E-state index contributed by atoms with van der Waals surface area (Å²) in [6.07, 6.45) is 0.983. The van der Waals surface area contributed by atoms with Crippen LogP contribution in [-0.4, -0.2) is 41.3 Å². The lowest BCUT2D eigenvalue weighted by Gasteiger charge is -2.43. The Morgan fingerprint density at radius 2 is 1.48 bits per heavy atom. The summed E-state index contributed by atoms with van der Waals surface area (Å²) in [5.74, 6) is -0.204. The van der Waals surface area contributed by atoms with Crippen molar-refractivity contribution in [1.82, 2.24) is 4.90 Å². The lowest BCUT2D eigenvalue weighted by molar-refractivity contribution is -0.182. The van der Waals surface area contributed by atoms with E-state index in [4.69, 9.17) is 9.47 Å². The quantitative estimate of drug-likeness (QED) is 0.608. The summed E-state index contributed by atoms with van der Waals surface area (Å²) in [5, 5.41) is 0. The fraction of sp³-hybridized carbons (Fsp3) is 0.909. The molecule has 1 heterocycles. The lowest BCUT2D eigenvalue weighted by Crippen LogP contribution is -2.52. The molecule has 0 radical (unpaired) electrons. The molecule has 5 nitrogen and oxygen atoms in total. The first-order valence-corrected chi connectivity index (χ1v) is 10.1. The van der Waals surface area contributed by atoms with Crippen LogP contribution in [0.2, 0.25) is 0 Å². The second kappa shape index (κ2) is 7.29.